The lowest BCUT2D eigenvalue weighted by Crippen LogP contribution is -2.27. The molecule has 1 fully saturated rings. The summed E-state index contributed by atoms with van der Waals surface area (Å²) in [5.74, 6) is 1.90. The maximum absolute atomic E-state index is 10.3. The smallest absolute Gasteiger partial charge is 0.161 e. The molecule has 5 nitrogen and oxygen atoms in total. The lowest BCUT2D eigenvalue weighted by atomic mass is 10.0. The number of nitrogens with zero attached hydrogens (tertiary/aromatic N) is 3. The summed E-state index contributed by atoms with van der Waals surface area (Å²) in [4.78, 5) is 13.2. The maximum Gasteiger partial charge on any atom is 0.161 e. The summed E-state index contributed by atoms with van der Waals surface area (Å²) in [5, 5.41) is 13.6. The van der Waals surface area contributed by atoms with Gasteiger partial charge in [0.05, 0.1) is 6.10 Å². The van der Waals surface area contributed by atoms with Gasteiger partial charge in [0, 0.05) is 36.3 Å². The molecule has 1 atom stereocenters. The van der Waals surface area contributed by atoms with Crippen LogP contribution in [0.2, 0.25) is 0 Å². The Balaban J connectivity index is 1.73. The molecule has 1 unspecified atom stereocenters. The monoisotopic (exact) mass is 312 g/mol. The van der Waals surface area contributed by atoms with E-state index in [-0.39, 0.29) is 6.10 Å². The number of hydrogen-bond donors (Lipinski definition) is 2. The number of rotatable bonds is 6. The predicted octanol–water partition coefficient (Wildman–Crippen LogP) is 3.06. The third kappa shape index (κ3) is 4.05. The molecule has 5 heteroatoms. The standard InChI is InChI=1S/C18H24N4O/c1-2-15-11-17(20-12-16(23)13-5-3-4-6-13)22-18(21-15)14-7-9-19-10-8-14/h7-11,13,16,23H,2-6,12H2,1H3,(H,20,21,22). The summed E-state index contributed by atoms with van der Waals surface area (Å²) in [6.45, 7) is 2.62. The molecule has 2 aromatic rings. The van der Waals surface area contributed by atoms with E-state index in [9.17, 15) is 5.11 Å². The van der Waals surface area contributed by atoms with E-state index in [0.29, 0.717) is 18.3 Å². The second-order valence-corrected chi connectivity index (χ2v) is 6.15. The van der Waals surface area contributed by atoms with Crippen LogP contribution in [0, 0.1) is 5.92 Å². The fourth-order valence-corrected chi connectivity index (χ4v) is 3.12. The van der Waals surface area contributed by atoms with Crippen molar-refractivity contribution in [3.63, 3.8) is 0 Å². The van der Waals surface area contributed by atoms with Gasteiger partial charge in [-0.2, -0.15) is 0 Å². The van der Waals surface area contributed by atoms with Gasteiger partial charge >= 0.3 is 0 Å². The van der Waals surface area contributed by atoms with Crippen LogP contribution in [0.25, 0.3) is 11.4 Å². The van der Waals surface area contributed by atoms with Crippen LogP contribution in [0.15, 0.2) is 30.6 Å². The number of pyridine rings is 1. The summed E-state index contributed by atoms with van der Waals surface area (Å²) in [5.41, 5.74) is 1.94. The minimum absolute atomic E-state index is 0.304. The van der Waals surface area contributed by atoms with E-state index in [4.69, 9.17) is 0 Å². The van der Waals surface area contributed by atoms with Crippen LogP contribution in [0.3, 0.4) is 0 Å². The van der Waals surface area contributed by atoms with Crippen LogP contribution in [0.1, 0.15) is 38.3 Å². The lowest BCUT2D eigenvalue weighted by Gasteiger charge is -2.18. The van der Waals surface area contributed by atoms with Crippen molar-refractivity contribution in [3.05, 3.63) is 36.3 Å². The minimum atomic E-state index is -0.304. The number of anilines is 1. The van der Waals surface area contributed by atoms with Crippen LogP contribution < -0.4 is 5.32 Å². The average molecular weight is 312 g/mol. The highest BCUT2D eigenvalue weighted by atomic mass is 16.3. The van der Waals surface area contributed by atoms with Crippen molar-refractivity contribution in [1.29, 1.82) is 0 Å². The Labute approximate surface area is 137 Å². The fraction of sp³-hybridized carbons (Fsp3) is 0.500. The Morgan fingerprint density at radius 2 is 1.96 bits per heavy atom. The molecule has 1 aliphatic rings. The van der Waals surface area contributed by atoms with Gasteiger partial charge in [-0.05, 0) is 37.3 Å². The molecule has 122 valence electrons. The molecule has 1 saturated carbocycles. The van der Waals surface area contributed by atoms with Crippen LogP contribution >= 0.6 is 0 Å². The summed E-state index contributed by atoms with van der Waals surface area (Å²) in [7, 11) is 0. The van der Waals surface area contributed by atoms with Crippen molar-refractivity contribution in [1.82, 2.24) is 15.0 Å². The van der Waals surface area contributed by atoms with Crippen molar-refractivity contribution < 1.29 is 5.11 Å². The first-order chi connectivity index (χ1) is 11.3. The molecule has 2 aromatic heterocycles. The van der Waals surface area contributed by atoms with Crippen molar-refractivity contribution in [2.75, 3.05) is 11.9 Å². The quantitative estimate of drug-likeness (QED) is 0.858. The summed E-state index contributed by atoms with van der Waals surface area (Å²) in [6.07, 6.45) is 8.78. The van der Waals surface area contributed by atoms with Gasteiger partial charge in [-0.3, -0.25) is 4.98 Å². The molecule has 0 aliphatic heterocycles. The van der Waals surface area contributed by atoms with Gasteiger partial charge in [0.25, 0.3) is 0 Å². The van der Waals surface area contributed by atoms with Gasteiger partial charge < -0.3 is 10.4 Å². The van der Waals surface area contributed by atoms with Gasteiger partial charge in [-0.15, -0.1) is 0 Å². The number of aryl methyl sites for hydroxylation is 1. The van der Waals surface area contributed by atoms with E-state index in [1.165, 1.54) is 12.8 Å². The molecule has 2 N–H and O–H groups in total. The van der Waals surface area contributed by atoms with E-state index in [2.05, 4.69) is 27.2 Å². The number of aliphatic hydroxyl groups is 1. The molecule has 0 aromatic carbocycles. The zero-order chi connectivity index (χ0) is 16.1. The topological polar surface area (TPSA) is 70.9 Å². The van der Waals surface area contributed by atoms with E-state index in [1.807, 2.05) is 18.2 Å². The summed E-state index contributed by atoms with van der Waals surface area (Å²) >= 11 is 0. The Hall–Kier alpha value is -2.01. The highest BCUT2D eigenvalue weighted by Gasteiger charge is 2.23. The van der Waals surface area contributed by atoms with Crippen LogP contribution in [-0.4, -0.2) is 32.7 Å². The zero-order valence-corrected chi connectivity index (χ0v) is 13.6. The number of aliphatic hydroxyl groups excluding tert-OH is 1. The molecule has 0 amide bonds. The number of nitrogens with one attached hydrogen (secondary N) is 1. The third-order valence-corrected chi connectivity index (χ3v) is 4.52. The largest absolute Gasteiger partial charge is 0.391 e. The molecule has 0 saturated heterocycles. The Kier molecular flexibility index (Phi) is 5.18. The molecule has 0 bridgehead atoms. The fourth-order valence-electron chi connectivity index (χ4n) is 3.12. The number of hydrogen-bond acceptors (Lipinski definition) is 5. The Morgan fingerprint density at radius 3 is 2.65 bits per heavy atom. The van der Waals surface area contributed by atoms with Crippen molar-refractivity contribution >= 4 is 5.82 Å². The van der Waals surface area contributed by atoms with E-state index < -0.39 is 0 Å². The minimum Gasteiger partial charge on any atom is -0.391 e. The normalized spacial score (nSPS) is 16.4. The molecule has 3 rings (SSSR count). The molecule has 2 heterocycles. The highest BCUT2D eigenvalue weighted by molar-refractivity contribution is 5.56. The van der Waals surface area contributed by atoms with Gasteiger partial charge in [0.15, 0.2) is 5.82 Å². The second-order valence-electron chi connectivity index (χ2n) is 6.15. The Bertz CT molecular complexity index is 626. The molecular weight excluding hydrogens is 288 g/mol. The van der Waals surface area contributed by atoms with Gasteiger partial charge in [0.2, 0.25) is 0 Å². The first-order valence-electron chi connectivity index (χ1n) is 8.46. The van der Waals surface area contributed by atoms with Crippen LogP contribution in [-0.2, 0) is 6.42 Å². The summed E-state index contributed by atoms with van der Waals surface area (Å²) in [6, 6.07) is 5.78. The molecular formula is C18H24N4O. The van der Waals surface area contributed by atoms with Crippen molar-refractivity contribution in [3.8, 4) is 11.4 Å². The molecule has 23 heavy (non-hydrogen) atoms. The van der Waals surface area contributed by atoms with Gasteiger partial charge in [-0.1, -0.05) is 19.8 Å². The van der Waals surface area contributed by atoms with Gasteiger partial charge in [0.1, 0.15) is 5.82 Å². The predicted molar refractivity (Wildman–Crippen MR) is 91.1 cm³/mol. The highest BCUT2D eigenvalue weighted by Crippen LogP contribution is 2.28. The van der Waals surface area contributed by atoms with Crippen LogP contribution in [0.5, 0.6) is 0 Å². The molecule has 0 radical (unpaired) electrons. The molecule has 1 aliphatic carbocycles. The van der Waals surface area contributed by atoms with Gasteiger partial charge in [-0.25, -0.2) is 9.97 Å². The van der Waals surface area contributed by atoms with E-state index >= 15 is 0 Å². The first-order valence-corrected chi connectivity index (χ1v) is 8.46. The second kappa shape index (κ2) is 7.51. The lowest BCUT2D eigenvalue weighted by molar-refractivity contribution is 0.122. The maximum atomic E-state index is 10.3. The first kappa shape index (κ1) is 15.9. The van der Waals surface area contributed by atoms with Crippen LogP contribution in [0.4, 0.5) is 5.82 Å². The van der Waals surface area contributed by atoms with Crippen molar-refractivity contribution in [2.24, 2.45) is 5.92 Å². The molecule has 0 spiro atoms. The van der Waals surface area contributed by atoms with E-state index in [1.54, 1.807) is 12.4 Å². The average Bonchev–Trinajstić information content (AvgIpc) is 3.15. The number of aromatic nitrogens is 3. The zero-order valence-electron chi connectivity index (χ0n) is 13.6. The SMILES string of the molecule is CCc1cc(NCC(O)C2CCCC2)nc(-c2ccncc2)n1. The summed E-state index contributed by atoms with van der Waals surface area (Å²) < 4.78 is 0. The Morgan fingerprint density at radius 1 is 1.22 bits per heavy atom. The van der Waals surface area contributed by atoms with Crippen molar-refractivity contribution in [2.45, 2.75) is 45.1 Å². The third-order valence-electron chi connectivity index (χ3n) is 4.52. The van der Waals surface area contributed by atoms with E-state index in [0.717, 1.165) is 36.3 Å².